The normalized spacial score (nSPS) is 15.5. The maximum atomic E-state index is 12.4. The van der Waals surface area contributed by atoms with Crippen LogP contribution in [-0.2, 0) is 21.3 Å². The molecule has 138 valence electrons. The number of hydrogen-bond acceptors (Lipinski definition) is 5. The van der Waals surface area contributed by atoms with Crippen molar-refractivity contribution in [2.45, 2.75) is 11.4 Å². The van der Waals surface area contributed by atoms with Crippen LogP contribution in [0.4, 0.5) is 5.69 Å². The second-order valence-electron chi connectivity index (χ2n) is 6.02. The fourth-order valence-electron chi connectivity index (χ4n) is 2.69. The average molecular weight is 376 g/mol. The molecular formula is C18H20N2O5S. The molecule has 0 atom stereocenters. The minimum Gasteiger partial charge on any atom is -0.478 e. The number of carboxylic acids is 1. The molecule has 0 unspecified atom stereocenters. The number of anilines is 1. The van der Waals surface area contributed by atoms with Crippen LogP contribution in [0, 0.1) is 0 Å². The van der Waals surface area contributed by atoms with Crippen molar-refractivity contribution in [3.05, 3.63) is 59.7 Å². The number of sulfonamides is 1. The number of nitrogens with one attached hydrogen (secondary N) is 1. The van der Waals surface area contributed by atoms with Gasteiger partial charge in [-0.05, 0) is 42.0 Å². The van der Waals surface area contributed by atoms with Crippen LogP contribution in [0.3, 0.4) is 0 Å². The number of ether oxygens (including phenoxy) is 1. The molecule has 1 saturated heterocycles. The van der Waals surface area contributed by atoms with Gasteiger partial charge in [0.25, 0.3) is 10.0 Å². The number of carbonyl (C=O) groups is 1. The number of morpholine rings is 1. The van der Waals surface area contributed by atoms with Crippen molar-refractivity contribution in [2.75, 3.05) is 31.0 Å². The summed E-state index contributed by atoms with van der Waals surface area (Å²) in [6.07, 6.45) is 0. The molecule has 1 fully saturated rings. The van der Waals surface area contributed by atoms with Crippen LogP contribution >= 0.6 is 0 Å². The van der Waals surface area contributed by atoms with Gasteiger partial charge in [0.2, 0.25) is 0 Å². The van der Waals surface area contributed by atoms with E-state index in [1.165, 1.54) is 24.3 Å². The van der Waals surface area contributed by atoms with E-state index in [2.05, 4.69) is 9.62 Å². The molecule has 1 heterocycles. The summed E-state index contributed by atoms with van der Waals surface area (Å²) in [5.41, 5.74) is 1.59. The molecule has 1 aliphatic heterocycles. The molecule has 0 amide bonds. The largest absolute Gasteiger partial charge is 0.478 e. The third-order valence-corrected chi connectivity index (χ3v) is 5.52. The summed E-state index contributed by atoms with van der Waals surface area (Å²) in [7, 11) is -3.77. The number of nitrogens with zero attached hydrogens (tertiary/aromatic N) is 1. The Bertz CT molecular complexity index is 857. The van der Waals surface area contributed by atoms with Gasteiger partial charge < -0.3 is 9.84 Å². The zero-order valence-electron chi connectivity index (χ0n) is 14.1. The van der Waals surface area contributed by atoms with Crippen LogP contribution in [0.1, 0.15) is 15.9 Å². The average Bonchev–Trinajstić information content (AvgIpc) is 2.64. The van der Waals surface area contributed by atoms with Crippen molar-refractivity contribution in [1.82, 2.24) is 4.90 Å². The van der Waals surface area contributed by atoms with Gasteiger partial charge in [-0.3, -0.25) is 9.62 Å². The smallest absolute Gasteiger partial charge is 0.335 e. The van der Waals surface area contributed by atoms with Gasteiger partial charge >= 0.3 is 5.97 Å². The van der Waals surface area contributed by atoms with Gasteiger partial charge in [0, 0.05) is 25.3 Å². The Morgan fingerprint density at radius 1 is 1.04 bits per heavy atom. The zero-order chi connectivity index (χ0) is 18.6. The first-order valence-electron chi connectivity index (χ1n) is 8.19. The highest BCUT2D eigenvalue weighted by Crippen LogP contribution is 2.18. The van der Waals surface area contributed by atoms with E-state index in [1.54, 1.807) is 12.1 Å². The van der Waals surface area contributed by atoms with Crippen molar-refractivity contribution in [3.63, 3.8) is 0 Å². The fourth-order valence-corrected chi connectivity index (χ4v) is 3.75. The lowest BCUT2D eigenvalue weighted by molar-refractivity contribution is 0.0342. The molecule has 8 heteroatoms. The number of rotatable bonds is 6. The van der Waals surface area contributed by atoms with Crippen LogP contribution < -0.4 is 4.72 Å². The van der Waals surface area contributed by atoms with Crippen LogP contribution in [0.15, 0.2) is 53.4 Å². The fraction of sp³-hybridized carbons (Fsp3) is 0.278. The first-order chi connectivity index (χ1) is 12.4. The Labute approximate surface area is 152 Å². The second kappa shape index (κ2) is 7.86. The van der Waals surface area contributed by atoms with Crippen LogP contribution in [-0.4, -0.2) is 50.7 Å². The highest BCUT2D eigenvalue weighted by Gasteiger charge is 2.15. The summed E-state index contributed by atoms with van der Waals surface area (Å²) in [4.78, 5) is 13.2. The number of carboxylic acid groups (broad SMARTS) is 1. The minimum absolute atomic E-state index is 0.0138. The molecule has 2 aromatic rings. The standard InChI is InChI=1S/C18H20N2O5S/c21-18(22)15-3-7-17(8-4-15)26(23,24)19-16-5-1-14(2-6-16)13-20-9-11-25-12-10-20/h1-8,19H,9-13H2,(H,21,22). The predicted molar refractivity (Wildman–Crippen MR) is 96.7 cm³/mol. The van der Waals surface area contributed by atoms with E-state index in [1.807, 2.05) is 12.1 Å². The second-order valence-corrected chi connectivity index (χ2v) is 7.70. The van der Waals surface area contributed by atoms with Crippen molar-refractivity contribution in [2.24, 2.45) is 0 Å². The summed E-state index contributed by atoms with van der Waals surface area (Å²) < 4.78 is 32.6. The van der Waals surface area contributed by atoms with Crippen LogP contribution in [0.25, 0.3) is 0 Å². The number of aromatic carboxylic acids is 1. The van der Waals surface area contributed by atoms with Gasteiger partial charge in [0.15, 0.2) is 0 Å². The third-order valence-electron chi connectivity index (χ3n) is 4.13. The summed E-state index contributed by atoms with van der Waals surface area (Å²) in [6, 6.07) is 12.3. The van der Waals surface area contributed by atoms with E-state index in [0.29, 0.717) is 5.69 Å². The lowest BCUT2D eigenvalue weighted by atomic mass is 10.2. The van der Waals surface area contributed by atoms with E-state index >= 15 is 0 Å². The van der Waals surface area contributed by atoms with Gasteiger partial charge in [0.1, 0.15) is 0 Å². The van der Waals surface area contributed by atoms with Crippen molar-refractivity contribution >= 4 is 21.7 Å². The Morgan fingerprint density at radius 3 is 2.23 bits per heavy atom. The van der Waals surface area contributed by atoms with E-state index in [0.717, 1.165) is 38.4 Å². The molecule has 0 bridgehead atoms. The molecule has 0 spiro atoms. The molecule has 2 aromatic carbocycles. The van der Waals surface area contributed by atoms with Crippen LogP contribution in [0.5, 0.6) is 0 Å². The molecule has 1 aliphatic rings. The number of benzene rings is 2. The first kappa shape index (κ1) is 18.4. The van der Waals surface area contributed by atoms with E-state index in [-0.39, 0.29) is 10.5 Å². The van der Waals surface area contributed by atoms with Gasteiger partial charge in [-0.15, -0.1) is 0 Å². The number of hydrogen-bond donors (Lipinski definition) is 2. The predicted octanol–water partition coefficient (Wildman–Crippen LogP) is 2.02. The maximum Gasteiger partial charge on any atom is 0.335 e. The Balaban J connectivity index is 1.66. The van der Waals surface area contributed by atoms with Gasteiger partial charge in [-0.2, -0.15) is 0 Å². The molecule has 0 aromatic heterocycles. The molecule has 3 rings (SSSR count). The maximum absolute atomic E-state index is 12.4. The SMILES string of the molecule is O=C(O)c1ccc(S(=O)(=O)Nc2ccc(CN3CCOCC3)cc2)cc1. The van der Waals surface area contributed by atoms with E-state index < -0.39 is 16.0 Å². The molecule has 0 saturated carbocycles. The molecule has 0 aliphatic carbocycles. The molecule has 0 radical (unpaired) electrons. The summed E-state index contributed by atoms with van der Waals surface area (Å²) >= 11 is 0. The molecular weight excluding hydrogens is 356 g/mol. The Hall–Kier alpha value is -2.42. The van der Waals surface area contributed by atoms with Crippen molar-refractivity contribution in [1.29, 1.82) is 0 Å². The first-order valence-corrected chi connectivity index (χ1v) is 9.67. The molecule has 2 N–H and O–H groups in total. The highest BCUT2D eigenvalue weighted by molar-refractivity contribution is 7.92. The van der Waals surface area contributed by atoms with Crippen molar-refractivity contribution in [3.8, 4) is 0 Å². The topological polar surface area (TPSA) is 95.9 Å². The van der Waals surface area contributed by atoms with Gasteiger partial charge in [0.05, 0.1) is 23.7 Å². The van der Waals surface area contributed by atoms with E-state index in [9.17, 15) is 13.2 Å². The van der Waals surface area contributed by atoms with E-state index in [4.69, 9.17) is 9.84 Å². The minimum atomic E-state index is -3.77. The molecule has 7 nitrogen and oxygen atoms in total. The summed E-state index contributed by atoms with van der Waals surface area (Å²) in [5, 5.41) is 8.88. The summed E-state index contributed by atoms with van der Waals surface area (Å²) in [5.74, 6) is -1.10. The lowest BCUT2D eigenvalue weighted by Gasteiger charge is -2.26. The van der Waals surface area contributed by atoms with Gasteiger partial charge in [-0.25, -0.2) is 13.2 Å². The quantitative estimate of drug-likeness (QED) is 0.801. The Kier molecular flexibility index (Phi) is 5.55. The molecule has 26 heavy (non-hydrogen) atoms. The van der Waals surface area contributed by atoms with Crippen molar-refractivity contribution < 1.29 is 23.1 Å². The van der Waals surface area contributed by atoms with Gasteiger partial charge in [-0.1, -0.05) is 12.1 Å². The monoisotopic (exact) mass is 376 g/mol. The summed E-state index contributed by atoms with van der Waals surface area (Å²) in [6.45, 7) is 4.05. The zero-order valence-corrected chi connectivity index (χ0v) is 14.9. The van der Waals surface area contributed by atoms with Crippen LogP contribution in [0.2, 0.25) is 0 Å². The highest BCUT2D eigenvalue weighted by atomic mass is 32.2. The Morgan fingerprint density at radius 2 is 1.65 bits per heavy atom. The third kappa shape index (κ3) is 4.60. The lowest BCUT2D eigenvalue weighted by Crippen LogP contribution is -2.35.